The number of carbonyl (C=O) groups excluding carboxylic acids is 1. The van der Waals surface area contributed by atoms with E-state index >= 15 is 0 Å². The van der Waals surface area contributed by atoms with E-state index in [1.807, 2.05) is 0 Å². The van der Waals surface area contributed by atoms with Gasteiger partial charge in [-0.2, -0.15) is 0 Å². The Morgan fingerprint density at radius 3 is 1.83 bits per heavy atom. The third kappa shape index (κ3) is 9.13. The monoisotopic (exact) mass is 139 g/mol. The third-order valence-electron chi connectivity index (χ3n) is 0.142. The van der Waals surface area contributed by atoms with E-state index in [0.29, 0.717) is 0 Å². The van der Waals surface area contributed by atoms with Gasteiger partial charge in [0.15, 0.2) is 0 Å². The molecule has 0 saturated heterocycles. The van der Waals surface area contributed by atoms with Crippen molar-refractivity contribution in [2.24, 2.45) is 11.6 Å². The Balaban J connectivity index is 0. The van der Waals surface area contributed by atoms with Crippen LogP contribution in [0.1, 0.15) is 0 Å². The molecule has 0 aliphatic carbocycles. The van der Waals surface area contributed by atoms with Crippen molar-refractivity contribution in [1.82, 2.24) is 5.43 Å². The smallest absolute Gasteiger partial charge is 0.326 e. The number of hydrogen-bond donors (Lipinski definition) is 3. The van der Waals surface area contributed by atoms with Crippen molar-refractivity contribution in [3.05, 3.63) is 0 Å². The second-order valence-electron chi connectivity index (χ2n) is 0.509. The summed E-state index contributed by atoms with van der Waals surface area (Å²) in [4.78, 5) is 9.35. The summed E-state index contributed by atoms with van der Waals surface area (Å²) in [6.45, 7) is 0. The van der Waals surface area contributed by atoms with Crippen LogP contribution in [0.25, 0.3) is 0 Å². The van der Waals surface area contributed by atoms with Gasteiger partial charge in [-0.15, -0.1) is 0 Å². The van der Waals surface area contributed by atoms with Crippen LogP contribution in [-0.2, 0) is 19.5 Å². The minimum Gasteiger partial charge on any atom is -0.351 e. The predicted molar refractivity (Wildman–Crippen MR) is 16.9 cm³/mol. The first kappa shape index (κ1) is 9.29. The molecule has 0 unspecified atom stereocenters. The molecule has 0 heterocycles. The fourth-order valence-electron chi connectivity index (χ4n) is 0. The van der Waals surface area contributed by atoms with Crippen LogP contribution >= 0.6 is 0 Å². The standard InChI is InChI=1S/CH5N3O.Zn/c2-1(5)4-3;/h3H2,(H3,2,4,5);. The Hall–Kier alpha value is -0.147. The zero-order valence-corrected chi connectivity index (χ0v) is 6.24. The molecular formula is CH5N3OZn. The van der Waals surface area contributed by atoms with Gasteiger partial charge in [-0.1, -0.05) is 0 Å². The number of nitrogens with one attached hydrogen (secondary N) is 1. The molecule has 4 nitrogen and oxygen atoms in total. The van der Waals surface area contributed by atoms with Crippen LogP contribution in [0.5, 0.6) is 0 Å². The van der Waals surface area contributed by atoms with E-state index in [1.165, 1.54) is 0 Å². The maximum atomic E-state index is 9.35. The Kier molecular flexibility index (Phi) is 7.51. The van der Waals surface area contributed by atoms with E-state index in [1.54, 1.807) is 5.43 Å². The van der Waals surface area contributed by atoms with Crippen molar-refractivity contribution in [2.45, 2.75) is 0 Å². The average Bonchev–Trinajstić information content (AvgIpc) is 1.38. The van der Waals surface area contributed by atoms with Crippen LogP contribution < -0.4 is 17.0 Å². The van der Waals surface area contributed by atoms with E-state index in [-0.39, 0.29) is 19.5 Å². The van der Waals surface area contributed by atoms with E-state index in [2.05, 4.69) is 11.6 Å². The van der Waals surface area contributed by atoms with Crippen LogP contribution in [0.4, 0.5) is 4.79 Å². The Morgan fingerprint density at radius 1 is 1.67 bits per heavy atom. The van der Waals surface area contributed by atoms with Gasteiger partial charge in [0.1, 0.15) is 0 Å². The largest absolute Gasteiger partial charge is 0.351 e. The quantitative estimate of drug-likeness (QED) is 0.166. The molecular weight excluding hydrogens is 135 g/mol. The minimum atomic E-state index is -0.718. The molecule has 0 radical (unpaired) electrons. The average molecular weight is 140 g/mol. The maximum absolute atomic E-state index is 9.35. The fourth-order valence-corrected chi connectivity index (χ4v) is 0. The fraction of sp³-hybridized carbons (Fsp3) is 0. The summed E-state index contributed by atoms with van der Waals surface area (Å²) in [7, 11) is 0. The normalized spacial score (nSPS) is 5.50. The topological polar surface area (TPSA) is 81.1 Å². The maximum Gasteiger partial charge on any atom is 0.326 e. The molecule has 0 atom stereocenters. The van der Waals surface area contributed by atoms with Crippen molar-refractivity contribution in [2.75, 3.05) is 0 Å². The van der Waals surface area contributed by atoms with Gasteiger partial charge in [0.25, 0.3) is 0 Å². The van der Waals surface area contributed by atoms with Crippen molar-refractivity contribution in [1.29, 1.82) is 0 Å². The summed E-state index contributed by atoms with van der Waals surface area (Å²) in [5.74, 6) is 4.45. The molecule has 5 heteroatoms. The van der Waals surface area contributed by atoms with Crippen molar-refractivity contribution < 1.29 is 24.3 Å². The number of urea groups is 1. The summed E-state index contributed by atoms with van der Waals surface area (Å²) in [6, 6.07) is -0.718. The van der Waals surface area contributed by atoms with Gasteiger partial charge in [0, 0.05) is 19.5 Å². The second-order valence-corrected chi connectivity index (χ2v) is 0.509. The first-order chi connectivity index (χ1) is 2.27. The van der Waals surface area contributed by atoms with E-state index in [0.717, 1.165) is 0 Å². The van der Waals surface area contributed by atoms with E-state index in [4.69, 9.17) is 0 Å². The Labute approximate surface area is 48.0 Å². The molecule has 5 N–H and O–H groups in total. The van der Waals surface area contributed by atoms with Crippen LogP contribution in [0, 0.1) is 0 Å². The molecule has 0 spiro atoms. The number of rotatable bonds is 0. The molecule has 0 aromatic heterocycles. The van der Waals surface area contributed by atoms with Crippen LogP contribution in [0.2, 0.25) is 0 Å². The van der Waals surface area contributed by atoms with Gasteiger partial charge in [0.2, 0.25) is 0 Å². The van der Waals surface area contributed by atoms with Gasteiger partial charge in [0.05, 0.1) is 0 Å². The number of amides is 2. The van der Waals surface area contributed by atoms with Crippen LogP contribution in [-0.4, -0.2) is 6.03 Å². The molecule has 32 valence electrons. The van der Waals surface area contributed by atoms with Crippen LogP contribution in [0.15, 0.2) is 0 Å². The van der Waals surface area contributed by atoms with E-state index in [9.17, 15) is 4.79 Å². The number of hydrogen-bond acceptors (Lipinski definition) is 2. The molecule has 6 heavy (non-hydrogen) atoms. The van der Waals surface area contributed by atoms with Gasteiger partial charge in [-0.3, -0.25) is 5.43 Å². The molecule has 0 fully saturated rings. The molecule has 0 rings (SSSR count). The third-order valence-corrected chi connectivity index (χ3v) is 0.142. The SMILES string of the molecule is NNC(N)=O.[Zn]. The molecule has 0 bridgehead atoms. The second kappa shape index (κ2) is 4.85. The number of carbonyl (C=O) groups is 1. The van der Waals surface area contributed by atoms with Crippen molar-refractivity contribution in [3.8, 4) is 0 Å². The predicted octanol–water partition coefficient (Wildman–Crippen LogP) is -1.47. The van der Waals surface area contributed by atoms with E-state index < -0.39 is 6.03 Å². The van der Waals surface area contributed by atoms with Crippen LogP contribution in [0.3, 0.4) is 0 Å². The van der Waals surface area contributed by atoms with Gasteiger partial charge in [-0.05, 0) is 0 Å². The first-order valence-corrected chi connectivity index (χ1v) is 1.03. The molecule has 2 amide bonds. The summed E-state index contributed by atoms with van der Waals surface area (Å²) in [5.41, 5.74) is 6.08. The minimum absolute atomic E-state index is 0. The number of nitrogens with two attached hydrogens (primary N) is 2. The van der Waals surface area contributed by atoms with Gasteiger partial charge >= 0.3 is 6.03 Å². The summed E-state index contributed by atoms with van der Waals surface area (Å²) in [5, 5.41) is 0. The Morgan fingerprint density at radius 2 is 1.83 bits per heavy atom. The number of primary amides is 1. The molecule has 0 aliphatic rings. The zero-order chi connectivity index (χ0) is 4.28. The molecule has 0 aromatic rings. The molecule has 0 aliphatic heterocycles. The molecule has 0 saturated carbocycles. The molecule has 0 aromatic carbocycles. The number of hydrazine groups is 1. The zero-order valence-electron chi connectivity index (χ0n) is 3.27. The summed E-state index contributed by atoms with van der Waals surface area (Å²) >= 11 is 0. The summed E-state index contributed by atoms with van der Waals surface area (Å²) < 4.78 is 0. The van der Waals surface area contributed by atoms with Gasteiger partial charge < -0.3 is 5.73 Å². The summed E-state index contributed by atoms with van der Waals surface area (Å²) in [6.07, 6.45) is 0. The van der Waals surface area contributed by atoms with Gasteiger partial charge in [-0.25, -0.2) is 10.6 Å². The Bertz CT molecular complexity index is 46.1. The van der Waals surface area contributed by atoms with Crippen molar-refractivity contribution >= 4 is 6.03 Å². The van der Waals surface area contributed by atoms with Crippen molar-refractivity contribution in [3.63, 3.8) is 0 Å². The first-order valence-electron chi connectivity index (χ1n) is 1.03.